The summed E-state index contributed by atoms with van der Waals surface area (Å²) >= 11 is 0. The summed E-state index contributed by atoms with van der Waals surface area (Å²) in [6.45, 7) is 0.465. The van der Waals surface area contributed by atoms with Crippen molar-refractivity contribution in [3.63, 3.8) is 0 Å². The number of hydrogen-bond donors (Lipinski definition) is 7. The quantitative estimate of drug-likeness (QED) is 0.209. The van der Waals surface area contributed by atoms with Crippen molar-refractivity contribution in [3.05, 3.63) is 30.0 Å². The number of nitrogens with zero attached hydrogens (tertiary/aromatic N) is 3. The van der Waals surface area contributed by atoms with Crippen LogP contribution in [0, 0.1) is 0 Å². The van der Waals surface area contributed by atoms with Crippen LogP contribution in [-0.4, -0.2) is 55.6 Å². The molecule has 0 saturated carbocycles. The Kier molecular flexibility index (Phi) is 4.75. The number of hydrogen-bond acceptors (Lipinski definition) is 12. The van der Waals surface area contributed by atoms with Crippen LogP contribution in [0.25, 0.3) is 22.3 Å². The second-order valence-corrected chi connectivity index (χ2v) is 10.7. The predicted molar refractivity (Wildman–Crippen MR) is 108 cm³/mol. The Labute approximate surface area is 176 Å². The number of primary sulfonamides is 1. The number of aromatic nitrogens is 4. The van der Waals surface area contributed by atoms with E-state index in [4.69, 9.17) is 5.14 Å². The topological polar surface area (TPSA) is 209 Å². The summed E-state index contributed by atoms with van der Waals surface area (Å²) in [4.78, 5) is 3.29. The molecule has 4 heterocycles. The van der Waals surface area contributed by atoms with Crippen LogP contribution in [0.15, 0.2) is 34.2 Å². The van der Waals surface area contributed by atoms with E-state index in [2.05, 4.69) is 47.6 Å². The van der Waals surface area contributed by atoms with Gasteiger partial charge in [-0.1, -0.05) is 6.07 Å². The largest absolute Gasteiger partial charge is 0.314 e. The fourth-order valence-corrected chi connectivity index (χ4v) is 6.89. The molecule has 0 amide bonds. The number of rotatable bonds is 5. The molecular weight excluding hydrogens is 448 g/mol. The summed E-state index contributed by atoms with van der Waals surface area (Å²) in [7, 11) is -8.43. The van der Waals surface area contributed by atoms with Crippen molar-refractivity contribution in [2.75, 3.05) is 13.1 Å². The van der Waals surface area contributed by atoms with Crippen molar-refractivity contribution in [2.45, 2.75) is 21.2 Å². The highest BCUT2D eigenvalue weighted by Gasteiger charge is 2.39. The third-order valence-electron chi connectivity index (χ3n) is 5.23. The average molecular weight is 467 g/mol. The monoisotopic (exact) mass is 466 g/mol. The highest BCUT2D eigenvalue weighted by molar-refractivity contribution is 7.94. The summed E-state index contributed by atoms with van der Waals surface area (Å²) in [5.74, 6) is 0. The number of aromatic amines is 1. The molecule has 0 bridgehead atoms. The van der Waals surface area contributed by atoms with Gasteiger partial charge in [0.2, 0.25) is 15.7 Å². The van der Waals surface area contributed by atoms with Gasteiger partial charge in [0.25, 0.3) is 0 Å². The van der Waals surface area contributed by atoms with Crippen molar-refractivity contribution in [1.29, 1.82) is 0 Å². The molecule has 2 aliphatic heterocycles. The van der Waals surface area contributed by atoms with Crippen LogP contribution in [0.2, 0.25) is 0 Å². The fraction of sp³-hybridized carbons (Fsp3) is 0.267. The number of nitrogens with two attached hydrogens (primary N) is 1. The lowest BCUT2D eigenvalue weighted by Gasteiger charge is -2.29. The van der Waals surface area contributed by atoms with Gasteiger partial charge in [0.15, 0.2) is 9.84 Å². The second-order valence-electron chi connectivity index (χ2n) is 7.05. The Bertz CT molecular complexity index is 1380. The molecule has 16 heteroatoms. The van der Waals surface area contributed by atoms with Gasteiger partial charge < -0.3 is 5.32 Å². The van der Waals surface area contributed by atoms with Crippen molar-refractivity contribution in [3.8, 4) is 11.1 Å². The molecule has 3 aromatic rings. The lowest BCUT2D eigenvalue weighted by atomic mass is 9.98. The van der Waals surface area contributed by atoms with E-state index in [0.29, 0.717) is 22.3 Å². The number of benzene rings is 1. The first-order chi connectivity index (χ1) is 14.8. The third kappa shape index (κ3) is 3.29. The van der Waals surface area contributed by atoms with Gasteiger partial charge in [0, 0.05) is 30.4 Å². The third-order valence-corrected chi connectivity index (χ3v) is 8.53. The molecule has 2 saturated heterocycles. The first-order valence-electron chi connectivity index (χ1n) is 9.09. The van der Waals surface area contributed by atoms with Crippen molar-refractivity contribution < 1.29 is 16.8 Å². The minimum absolute atomic E-state index is 0.115. The number of pyridine rings is 1. The molecule has 2 fully saturated rings. The number of nitrogens with one attached hydrogen (secondary N) is 6. The molecule has 2 aromatic heterocycles. The predicted octanol–water partition coefficient (Wildman–Crippen LogP) is -2.47. The minimum atomic E-state index is -4.47. The van der Waals surface area contributed by atoms with Gasteiger partial charge in [0.1, 0.15) is 16.6 Å². The van der Waals surface area contributed by atoms with Crippen molar-refractivity contribution in [2.24, 2.45) is 5.14 Å². The summed E-state index contributed by atoms with van der Waals surface area (Å²) in [6.07, 6.45) is 0.658. The van der Waals surface area contributed by atoms with Gasteiger partial charge in [-0.25, -0.2) is 37.8 Å². The van der Waals surface area contributed by atoms with E-state index in [-0.39, 0.29) is 23.5 Å². The highest BCUT2D eigenvalue weighted by atomic mass is 32.2. The Hall–Kier alpha value is -2.57. The Balaban J connectivity index is 1.86. The first kappa shape index (κ1) is 20.3. The SMILES string of the molecule is NS(=O)(=O)c1c(S(=O)(=O)C2CNC2)ccc(-c2ccnc3n[nH]nc23)c1C1NNNN1. The molecule has 8 N–H and O–H groups in total. The maximum atomic E-state index is 13.2. The van der Waals surface area contributed by atoms with Gasteiger partial charge in [-0.2, -0.15) is 21.4 Å². The normalized spacial score (nSPS) is 18.5. The Morgan fingerprint density at radius 1 is 0.968 bits per heavy atom. The van der Waals surface area contributed by atoms with Crippen LogP contribution in [0.3, 0.4) is 0 Å². The van der Waals surface area contributed by atoms with Crippen LogP contribution in [0.4, 0.5) is 0 Å². The molecule has 0 unspecified atom stereocenters. The van der Waals surface area contributed by atoms with E-state index in [1.165, 1.54) is 18.3 Å². The van der Waals surface area contributed by atoms with Crippen LogP contribution in [0.5, 0.6) is 0 Å². The summed E-state index contributed by atoms with van der Waals surface area (Å²) < 4.78 is 51.9. The van der Waals surface area contributed by atoms with E-state index in [1.807, 2.05) is 0 Å². The molecule has 0 spiro atoms. The Morgan fingerprint density at radius 3 is 2.35 bits per heavy atom. The highest BCUT2D eigenvalue weighted by Crippen LogP contribution is 2.39. The second kappa shape index (κ2) is 7.24. The molecular formula is C15H18N10O4S2. The van der Waals surface area contributed by atoms with Crippen LogP contribution < -0.4 is 32.4 Å². The lowest BCUT2D eigenvalue weighted by Crippen LogP contribution is -2.51. The number of sulfonamides is 1. The van der Waals surface area contributed by atoms with Gasteiger partial charge in [-0.3, -0.25) is 0 Å². The molecule has 0 atom stereocenters. The van der Waals surface area contributed by atoms with Crippen LogP contribution >= 0.6 is 0 Å². The maximum Gasteiger partial charge on any atom is 0.239 e. The van der Waals surface area contributed by atoms with Crippen LogP contribution in [0.1, 0.15) is 11.7 Å². The molecule has 0 radical (unpaired) electrons. The maximum absolute atomic E-state index is 13.2. The summed E-state index contributed by atoms with van der Waals surface area (Å²) in [5.41, 5.74) is 12.6. The van der Waals surface area contributed by atoms with E-state index in [9.17, 15) is 16.8 Å². The average Bonchev–Trinajstić information content (AvgIpc) is 3.35. The van der Waals surface area contributed by atoms with E-state index < -0.39 is 36.2 Å². The summed E-state index contributed by atoms with van der Waals surface area (Å²) in [6, 6.07) is 4.44. The molecule has 2 aliphatic rings. The van der Waals surface area contributed by atoms with Crippen molar-refractivity contribution >= 4 is 31.0 Å². The molecule has 164 valence electrons. The molecule has 14 nitrogen and oxygen atoms in total. The number of fused-ring (bicyclic) bond motifs is 1. The van der Waals surface area contributed by atoms with Gasteiger partial charge in [-0.05, 0) is 17.7 Å². The van der Waals surface area contributed by atoms with Gasteiger partial charge >= 0.3 is 0 Å². The zero-order valence-electron chi connectivity index (χ0n) is 15.7. The fourth-order valence-electron chi connectivity index (χ4n) is 3.65. The molecule has 0 aliphatic carbocycles. The Morgan fingerprint density at radius 2 is 1.71 bits per heavy atom. The first-order valence-corrected chi connectivity index (χ1v) is 12.2. The van der Waals surface area contributed by atoms with E-state index in [1.54, 1.807) is 6.07 Å². The van der Waals surface area contributed by atoms with E-state index >= 15 is 0 Å². The standard InChI is InChI=1S/C15H18N10O4S2/c16-31(28,29)13-10(30(26,27)7-5-17-6-7)2-1-8(11(13)14-20-24-25-21-14)9-3-4-18-15-12(9)19-23-22-15/h1-4,7,14,17,20-21,24-25H,5-6H2,(H2,16,28,29)(H,18,19,22,23). The van der Waals surface area contributed by atoms with E-state index in [0.717, 1.165) is 0 Å². The number of H-pyrrole nitrogens is 1. The zero-order valence-corrected chi connectivity index (χ0v) is 17.4. The van der Waals surface area contributed by atoms with Crippen molar-refractivity contribution in [1.82, 2.24) is 47.6 Å². The summed E-state index contributed by atoms with van der Waals surface area (Å²) in [5, 5.41) is 18.3. The van der Waals surface area contributed by atoms with Gasteiger partial charge in [-0.15, -0.1) is 5.10 Å². The van der Waals surface area contributed by atoms with Gasteiger partial charge in [0.05, 0.1) is 10.1 Å². The molecule has 5 rings (SSSR count). The smallest absolute Gasteiger partial charge is 0.239 e. The number of hydrazine groups is 3. The molecule has 1 aromatic carbocycles. The minimum Gasteiger partial charge on any atom is -0.314 e. The van der Waals surface area contributed by atoms with Crippen LogP contribution in [-0.2, 0) is 19.9 Å². The lowest BCUT2D eigenvalue weighted by molar-refractivity contribution is 0.491. The number of sulfone groups is 1. The molecule has 31 heavy (non-hydrogen) atoms. The zero-order chi connectivity index (χ0) is 21.8.